The Morgan fingerprint density at radius 2 is 1.88 bits per heavy atom. The maximum absolute atomic E-state index is 12.3. The molecule has 2 nitrogen and oxygen atoms in total. The normalized spacial score (nSPS) is 41.5. The lowest BCUT2D eigenvalue weighted by atomic mass is 10.00. The van der Waals surface area contributed by atoms with Gasteiger partial charge in [-0.3, -0.25) is 4.31 Å². The van der Waals surface area contributed by atoms with Crippen LogP contribution in [0.2, 0.25) is 0 Å². The molecule has 0 N–H and O–H groups in total. The molecule has 17 heavy (non-hydrogen) atoms. The highest BCUT2D eigenvalue weighted by atomic mass is 32.2. The first-order chi connectivity index (χ1) is 8.25. The van der Waals surface area contributed by atoms with Crippen molar-refractivity contribution in [3.8, 4) is 0 Å². The van der Waals surface area contributed by atoms with Gasteiger partial charge in [0.2, 0.25) is 0 Å². The number of rotatable bonds is 1. The zero-order valence-corrected chi connectivity index (χ0v) is 10.6. The third kappa shape index (κ3) is 1.18. The topological polar surface area (TPSA) is 20.3 Å². The molecule has 2 aliphatic carbocycles. The Bertz CT molecular complexity index is 522. The molecule has 1 aromatic rings. The number of allylic oxidation sites excluding steroid dienone is 1. The molecule has 1 heterocycles. The number of benzene rings is 1. The van der Waals surface area contributed by atoms with E-state index >= 15 is 0 Å². The maximum Gasteiger partial charge on any atom is 0.126 e. The van der Waals surface area contributed by atoms with Crippen LogP contribution in [0.25, 0.3) is 0 Å². The molecular formula is C14H15NOS. The van der Waals surface area contributed by atoms with Crippen molar-refractivity contribution < 1.29 is 4.21 Å². The summed E-state index contributed by atoms with van der Waals surface area (Å²) in [6, 6.07) is 8.89. The maximum atomic E-state index is 12.3. The molecule has 3 heteroatoms. The Kier molecular flexibility index (Phi) is 1.88. The largest absolute Gasteiger partial charge is 0.287 e. The lowest BCUT2D eigenvalue weighted by Gasteiger charge is -2.48. The van der Waals surface area contributed by atoms with E-state index < -0.39 is 11.0 Å². The third-order valence-electron chi connectivity index (χ3n) is 4.33. The standard InChI is InChI=1S/C14H15NOS/c1-9-2-6-12(7-3-9)15-13-10-4-5-11(8-10)14(13)17(15)16/h2-7,10-11,13-14H,8H2,1H3/t10-,11+,13+,14-,17?/m1/s1. The van der Waals surface area contributed by atoms with Crippen LogP contribution < -0.4 is 4.31 Å². The first-order valence-corrected chi connectivity index (χ1v) is 7.37. The molecule has 0 radical (unpaired) electrons. The molecule has 1 unspecified atom stereocenters. The van der Waals surface area contributed by atoms with Gasteiger partial charge < -0.3 is 0 Å². The summed E-state index contributed by atoms with van der Waals surface area (Å²) in [5.41, 5.74) is 2.38. The fourth-order valence-electron chi connectivity index (χ4n) is 3.48. The number of fused-ring (bicyclic) bond motifs is 5. The van der Waals surface area contributed by atoms with Gasteiger partial charge in [-0.1, -0.05) is 29.8 Å². The molecule has 4 rings (SSSR count). The van der Waals surface area contributed by atoms with E-state index in [4.69, 9.17) is 0 Å². The number of hydrogen-bond acceptors (Lipinski definition) is 1. The second kappa shape index (κ2) is 3.22. The van der Waals surface area contributed by atoms with Gasteiger partial charge in [0.25, 0.3) is 0 Å². The lowest BCUT2D eigenvalue weighted by molar-refractivity contribution is 0.521. The SMILES string of the molecule is Cc1ccc(N2[C@@H]3[C@@H]([C@H]4C=C[C@@H]3C4)S2=O)cc1. The van der Waals surface area contributed by atoms with Crippen LogP contribution in [0.5, 0.6) is 0 Å². The summed E-state index contributed by atoms with van der Waals surface area (Å²) in [6.07, 6.45) is 5.81. The predicted molar refractivity (Wildman–Crippen MR) is 70.1 cm³/mol. The number of hydrogen-bond donors (Lipinski definition) is 0. The summed E-state index contributed by atoms with van der Waals surface area (Å²) in [7, 11) is -0.810. The van der Waals surface area contributed by atoms with Gasteiger partial charge in [-0.25, -0.2) is 4.21 Å². The van der Waals surface area contributed by atoms with Gasteiger partial charge in [0.1, 0.15) is 11.0 Å². The second-order valence-electron chi connectivity index (χ2n) is 5.34. The molecule has 2 fully saturated rings. The van der Waals surface area contributed by atoms with Crippen LogP contribution in [0, 0.1) is 18.8 Å². The van der Waals surface area contributed by atoms with Crippen molar-refractivity contribution in [2.75, 3.05) is 4.31 Å². The van der Waals surface area contributed by atoms with Crippen LogP contribution in [0.4, 0.5) is 5.69 Å². The lowest BCUT2D eigenvalue weighted by Crippen LogP contribution is -2.62. The van der Waals surface area contributed by atoms with Crippen molar-refractivity contribution in [1.29, 1.82) is 0 Å². The zero-order valence-electron chi connectivity index (χ0n) is 9.74. The molecule has 88 valence electrons. The number of aryl methyl sites for hydroxylation is 1. The van der Waals surface area contributed by atoms with Crippen LogP contribution in [0.15, 0.2) is 36.4 Å². The molecule has 3 aliphatic rings. The molecule has 1 saturated carbocycles. The Hall–Kier alpha value is -1.09. The van der Waals surface area contributed by atoms with Gasteiger partial charge in [-0.15, -0.1) is 0 Å². The van der Waals surface area contributed by atoms with Gasteiger partial charge in [0.15, 0.2) is 0 Å². The van der Waals surface area contributed by atoms with Gasteiger partial charge >= 0.3 is 0 Å². The smallest absolute Gasteiger partial charge is 0.126 e. The van der Waals surface area contributed by atoms with Gasteiger partial charge in [0, 0.05) is 11.6 Å². The van der Waals surface area contributed by atoms with E-state index in [2.05, 4.69) is 47.6 Å². The van der Waals surface area contributed by atoms with E-state index in [1.807, 2.05) is 0 Å². The minimum atomic E-state index is -0.810. The van der Waals surface area contributed by atoms with E-state index in [0.717, 1.165) is 5.69 Å². The molecule has 0 aromatic heterocycles. The van der Waals surface area contributed by atoms with Crippen molar-refractivity contribution in [2.45, 2.75) is 24.6 Å². The average molecular weight is 245 g/mol. The van der Waals surface area contributed by atoms with Gasteiger partial charge in [0.05, 0.1) is 11.3 Å². The van der Waals surface area contributed by atoms with Crippen LogP contribution in [-0.4, -0.2) is 15.5 Å². The first-order valence-electron chi connectivity index (χ1n) is 6.20. The van der Waals surface area contributed by atoms with Gasteiger partial charge in [-0.05, 0) is 31.4 Å². The summed E-state index contributed by atoms with van der Waals surface area (Å²) in [5, 5.41) is 0.395. The molecule has 1 aromatic carbocycles. The Labute approximate surface area is 104 Å². The van der Waals surface area contributed by atoms with E-state index in [1.165, 1.54) is 12.0 Å². The van der Waals surface area contributed by atoms with E-state index in [1.54, 1.807) is 0 Å². The van der Waals surface area contributed by atoms with E-state index in [0.29, 0.717) is 23.1 Å². The molecular weight excluding hydrogens is 230 g/mol. The van der Waals surface area contributed by atoms with Crippen LogP contribution in [-0.2, 0) is 11.0 Å². The Morgan fingerprint density at radius 3 is 2.65 bits per heavy atom. The highest BCUT2D eigenvalue weighted by Crippen LogP contribution is 2.52. The van der Waals surface area contributed by atoms with E-state index in [-0.39, 0.29) is 0 Å². The van der Waals surface area contributed by atoms with Crippen molar-refractivity contribution in [3.63, 3.8) is 0 Å². The van der Waals surface area contributed by atoms with Crippen LogP contribution in [0.3, 0.4) is 0 Å². The molecule has 5 atom stereocenters. The fraction of sp³-hybridized carbons (Fsp3) is 0.429. The summed E-state index contributed by atoms with van der Waals surface area (Å²) in [5.74, 6) is 1.21. The highest BCUT2D eigenvalue weighted by molar-refractivity contribution is 7.88. The third-order valence-corrected chi connectivity index (χ3v) is 6.27. The molecule has 2 bridgehead atoms. The second-order valence-corrected chi connectivity index (χ2v) is 6.83. The number of anilines is 1. The highest BCUT2D eigenvalue weighted by Gasteiger charge is 2.59. The van der Waals surface area contributed by atoms with Crippen LogP contribution in [0.1, 0.15) is 12.0 Å². The summed E-state index contributed by atoms with van der Waals surface area (Å²) in [6.45, 7) is 2.08. The number of nitrogens with zero attached hydrogens (tertiary/aromatic N) is 1. The Morgan fingerprint density at radius 1 is 1.18 bits per heavy atom. The minimum absolute atomic E-state index is 0.395. The monoisotopic (exact) mass is 245 g/mol. The van der Waals surface area contributed by atoms with Crippen molar-refractivity contribution in [3.05, 3.63) is 42.0 Å². The predicted octanol–water partition coefficient (Wildman–Crippen LogP) is 2.42. The van der Waals surface area contributed by atoms with Crippen LogP contribution >= 0.6 is 0 Å². The molecule has 1 saturated heterocycles. The summed E-state index contributed by atoms with van der Waals surface area (Å²) in [4.78, 5) is 0. The van der Waals surface area contributed by atoms with E-state index in [9.17, 15) is 4.21 Å². The quantitative estimate of drug-likeness (QED) is 0.696. The Balaban J connectivity index is 1.70. The molecule has 0 spiro atoms. The van der Waals surface area contributed by atoms with Crippen molar-refractivity contribution >= 4 is 16.7 Å². The fourth-order valence-corrected chi connectivity index (χ4v) is 5.47. The zero-order chi connectivity index (χ0) is 11.6. The minimum Gasteiger partial charge on any atom is -0.287 e. The van der Waals surface area contributed by atoms with Crippen molar-refractivity contribution in [1.82, 2.24) is 0 Å². The summed E-state index contributed by atoms with van der Waals surface area (Å²) >= 11 is 0. The average Bonchev–Trinajstić information content (AvgIpc) is 2.89. The summed E-state index contributed by atoms with van der Waals surface area (Å²) < 4.78 is 14.4. The van der Waals surface area contributed by atoms with Crippen molar-refractivity contribution in [2.24, 2.45) is 11.8 Å². The molecule has 1 aliphatic heterocycles. The van der Waals surface area contributed by atoms with Gasteiger partial charge in [-0.2, -0.15) is 0 Å². The molecule has 0 amide bonds. The first kappa shape index (κ1) is 9.89.